The van der Waals surface area contributed by atoms with Crippen LogP contribution in [-0.4, -0.2) is 19.1 Å². The monoisotopic (exact) mass is 337 g/mol. The van der Waals surface area contributed by atoms with Crippen molar-refractivity contribution in [2.75, 3.05) is 12.4 Å². The number of methoxy groups -OCH3 is 1. The van der Waals surface area contributed by atoms with E-state index >= 15 is 0 Å². The molecule has 0 aliphatic heterocycles. The summed E-state index contributed by atoms with van der Waals surface area (Å²) in [5, 5.41) is 2.61. The second kappa shape index (κ2) is 7.83. The second-order valence-electron chi connectivity index (χ2n) is 4.81. The van der Waals surface area contributed by atoms with E-state index in [0.717, 1.165) is 0 Å². The summed E-state index contributed by atoms with van der Waals surface area (Å²) < 4.78 is 23.9. The van der Waals surface area contributed by atoms with Crippen LogP contribution in [0.1, 0.15) is 13.3 Å². The Morgan fingerprint density at radius 1 is 1.22 bits per heavy atom. The molecule has 0 heterocycles. The van der Waals surface area contributed by atoms with Crippen LogP contribution in [0.15, 0.2) is 42.5 Å². The Bertz CT molecular complexity index is 676. The van der Waals surface area contributed by atoms with Crippen molar-refractivity contribution in [1.29, 1.82) is 0 Å². The minimum atomic E-state index is -0.674. The molecule has 6 heteroatoms. The molecule has 0 saturated carbocycles. The molecule has 1 N–H and O–H groups in total. The van der Waals surface area contributed by atoms with Gasteiger partial charge in [0.1, 0.15) is 17.3 Å². The number of nitrogens with one attached hydrogen (secondary N) is 1. The Balaban J connectivity index is 2.03. The maximum atomic E-state index is 13.1. The highest BCUT2D eigenvalue weighted by atomic mass is 35.5. The Morgan fingerprint density at radius 3 is 2.43 bits per heavy atom. The van der Waals surface area contributed by atoms with Crippen molar-refractivity contribution >= 4 is 23.2 Å². The van der Waals surface area contributed by atoms with Gasteiger partial charge in [-0.25, -0.2) is 4.39 Å². The highest BCUT2D eigenvalue weighted by Crippen LogP contribution is 2.21. The molecule has 2 aromatic rings. The van der Waals surface area contributed by atoms with Gasteiger partial charge in [0.25, 0.3) is 5.91 Å². The van der Waals surface area contributed by atoms with Crippen molar-refractivity contribution in [3.05, 3.63) is 53.3 Å². The molecule has 0 aliphatic carbocycles. The maximum Gasteiger partial charge on any atom is 0.265 e. The van der Waals surface area contributed by atoms with Gasteiger partial charge in [0.15, 0.2) is 6.10 Å². The molecular weight excluding hydrogens is 321 g/mol. The van der Waals surface area contributed by atoms with Gasteiger partial charge < -0.3 is 14.8 Å². The zero-order valence-corrected chi connectivity index (χ0v) is 13.6. The highest BCUT2D eigenvalue weighted by molar-refractivity contribution is 6.31. The van der Waals surface area contributed by atoms with Crippen molar-refractivity contribution in [2.45, 2.75) is 19.4 Å². The summed E-state index contributed by atoms with van der Waals surface area (Å²) >= 11 is 5.70. The number of carbonyl (C=O) groups excluding carboxylic acids is 1. The van der Waals surface area contributed by atoms with Gasteiger partial charge in [-0.15, -0.1) is 0 Å². The van der Waals surface area contributed by atoms with Gasteiger partial charge in [0.05, 0.1) is 12.1 Å². The number of benzene rings is 2. The van der Waals surface area contributed by atoms with E-state index in [4.69, 9.17) is 21.1 Å². The molecule has 2 aromatic carbocycles. The molecule has 0 bridgehead atoms. The summed E-state index contributed by atoms with van der Waals surface area (Å²) in [4.78, 5) is 12.3. The minimum Gasteiger partial charge on any atom is -0.497 e. The predicted molar refractivity (Wildman–Crippen MR) is 87.7 cm³/mol. The Morgan fingerprint density at radius 2 is 1.87 bits per heavy atom. The van der Waals surface area contributed by atoms with Gasteiger partial charge >= 0.3 is 0 Å². The fraction of sp³-hybridized carbons (Fsp3) is 0.235. The van der Waals surface area contributed by atoms with E-state index in [1.165, 1.54) is 18.2 Å². The van der Waals surface area contributed by atoms with Crippen molar-refractivity contribution in [3.63, 3.8) is 0 Å². The van der Waals surface area contributed by atoms with Crippen molar-refractivity contribution in [3.8, 4) is 11.5 Å². The van der Waals surface area contributed by atoms with Crippen molar-refractivity contribution in [2.24, 2.45) is 0 Å². The predicted octanol–water partition coefficient (Wildman–Crippen LogP) is 4.28. The zero-order chi connectivity index (χ0) is 16.8. The fourth-order valence-electron chi connectivity index (χ4n) is 1.94. The van der Waals surface area contributed by atoms with Crippen LogP contribution in [0.4, 0.5) is 10.1 Å². The molecule has 0 spiro atoms. The van der Waals surface area contributed by atoms with Gasteiger partial charge in [0.2, 0.25) is 0 Å². The third kappa shape index (κ3) is 4.60. The lowest BCUT2D eigenvalue weighted by atomic mass is 10.2. The molecule has 1 atom stereocenters. The number of hydrogen-bond donors (Lipinski definition) is 1. The van der Waals surface area contributed by atoms with Gasteiger partial charge in [-0.1, -0.05) is 18.5 Å². The summed E-state index contributed by atoms with van der Waals surface area (Å²) in [6, 6.07) is 10.9. The molecule has 0 radical (unpaired) electrons. The van der Waals surface area contributed by atoms with Gasteiger partial charge in [-0.2, -0.15) is 0 Å². The Kier molecular flexibility index (Phi) is 5.82. The molecule has 1 amide bonds. The molecule has 23 heavy (non-hydrogen) atoms. The first kappa shape index (κ1) is 17.1. The first-order chi connectivity index (χ1) is 11.0. The Hall–Kier alpha value is -2.27. The minimum absolute atomic E-state index is 0.0491. The third-order valence-electron chi connectivity index (χ3n) is 3.19. The van der Waals surface area contributed by atoms with Crippen molar-refractivity contribution < 1.29 is 18.7 Å². The Labute approximate surface area is 139 Å². The van der Waals surface area contributed by atoms with E-state index in [1.54, 1.807) is 31.4 Å². The molecular formula is C17H17ClFNO3. The SMILES string of the molecule is CC[C@@H](Oc1ccc(OC)cc1)C(=O)Nc1ccc(F)c(Cl)c1. The number of anilines is 1. The summed E-state index contributed by atoms with van der Waals surface area (Å²) in [5.41, 5.74) is 0.415. The lowest BCUT2D eigenvalue weighted by Gasteiger charge is -2.17. The molecule has 2 rings (SSSR count). The largest absolute Gasteiger partial charge is 0.497 e. The average molecular weight is 338 g/mol. The van der Waals surface area contributed by atoms with Gasteiger partial charge in [-0.05, 0) is 48.9 Å². The zero-order valence-electron chi connectivity index (χ0n) is 12.8. The van der Waals surface area contributed by atoms with Crippen LogP contribution in [0.25, 0.3) is 0 Å². The fourth-order valence-corrected chi connectivity index (χ4v) is 2.12. The maximum absolute atomic E-state index is 13.1. The van der Waals surface area contributed by atoms with E-state index in [1.807, 2.05) is 6.92 Å². The van der Waals surface area contributed by atoms with E-state index in [0.29, 0.717) is 23.6 Å². The summed E-state index contributed by atoms with van der Waals surface area (Å²) in [7, 11) is 1.58. The normalized spacial score (nSPS) is 11.7. The van der Waals surface area contributed by atoms with Crippen LogP contribution in [-0.2, 0) is 4.79 Å². The van der Waals surface area contributed by atoms with Crippen LogP contribution in [0.3, 0.4) is 0 Å². The quantitative estimate of drug-likeness (QED) is 0.855. The number of hydrogen-bond acceptors (Lipinski definition) is 3. The number of amides is 1. The molecule has 0 aliphatic rings. The van der Waals surface area contributed by atoms with E-state index in [9.17, 15) is 9.18 Å². The summed E-state index contributed by atoms with van der Waals surface area (Å²) in [6.07, 6.45) is -0.195. The van der Waals surface area contributed by atoms with Crippen LogP contribution in [0.5, 0.6) is 11.5 Å². The molecule has 122 valence electrons. The first-order valence-electron chi connectivity index (χ1n) is 7.10. The topological polar surface area (TPSA) is 47.6 Å². The average Bonchev–Trinajstić information content (AvgIpc) is 2.56. The number of carbonyl (C=O) groups is 1. The van der Waals surface area contributed by atoms with Crippen LogP contribution < -0.4 is 14.8 Å². The summed E-state index contributed by atoms with van der Waals surface area (Å²) in [5.74, 6) is 0.401. The molecule has 0 unspecified atom stereocenters. The number of halogens is 2. The molecule has 0 saturated heterocycles. The van der Waals surface area contributed by atoms with Gasteiger partial charge in [-0.3, -0.25) is 4.79 Å². The highest BCUT2D eigenvalue weighted by Gasteiger charge is 2.19. The van der Waals surface area contributed by atoms with Gasteiger partial charge in [0, 0.05) is 5.69 Å². The number of ether oxygens (including phenoxy) is 2. The summed E-state index contributed by atoms with van der Waals surface area (Å²) in [6.45, 7) is 1.84. The molecule has 0 fully saturated rings. The van der Waals surface area contributed by atoms with Crippen molar-refractivity contribution in [1.82, 2.24) is 0 Å². The number of rotatable bonds is 6. The van der Waals surface area contributed by atoms with Crippen LogP contribution in [0, 0.1) is 5.82 Å². The van der Waals surface area contributed by atoms with E-state index in [2.05, 4.69) is 5.32 Å². The van der Waals surface area contributed by atoms with Crippen LogP contribution >= 0.6 is 11.6 Å². The lowest BCUT2D eigenvalue weighted by Crippen LogP contribution is -2.32. The van der Waals surface area contributed by atoms with Crippen LogP contribution in [0.2, 0.25) is 5.02 Å². The lowest BCUT2D eigenvalue weighted by molar-refractivity contribution is -0.122. The first-order valence-corrected chi connectivity index (χ1v) is 7.48. The third-order valence-corrected chi connectivity index (χ3v) is 3.48. The standard InChI is InChI=1S/C17H17ClFNO3/c1-3-16(23-13-7-5-12(22-2)6-8-13)17(21)20-11-4-9-15(19)14(18)10-11/h4-10,16H,3H2,1-2H3,(H,20,21)/t16-/m1/s1. The second-order valence-corrected chi connectivity index (χ2v) is 5.22. The smallest absolute Gasteiger partial charge is 0.265 e. The molecule has 0 aromatic heterocycles. The molecule has 4 nitrogen and oxygen atoms in total. The van der Waals surface area contributed by atoms with E-state index in [-0.39, 0.29) is 10.9 Å². The van der Waals surface area contributed by atoms with E-state index < -0.39 is 11.9 Å².